The van der Waals surface area contributed by atoms with Gasteiger partial charge < -0.3 is 15.3 Å². The van der Waals surface area contributed by atoms with Gasteiger partial charge in [0.05, 0.1) is 10.9 Å². The van der Waals surface area contributed by atoms with Gasteiger partial charge in [0.1, 0.15) is 5.82 Å². The standard InChI is InChI=1S/C13H14BrFN2O3/c1-7-2-9(14)10(15)4-11(7)16-13(20)17-5-8(6-17)3-12(18)19/h2,4,8H,3,5-6H2,1H3,(H,16,20)(H,18,19). The lowest BCUT2D eigenvalue weighted by atomic mass is 9.97. The molecule has 1 saturated heterocycles. The first-order valence-electron chi connectivity index (χ1n) is 6.10. The van der Waals surface area contributed by atoms with Crippen molar-refractivity contribution in [3.8, 4) is 0 Å². The lowest BCUT2D eigenvalue weighted by Crippen LogP contribution is -2.52. The molecule has 0 bridgehead atoms. The zero-order valence-electron chi connectivity index (χ0n) is 10.8. The van der Waals surface area contributed by atoms with Crippen molar-refractivity contribution < 1.29 is 19.1 Å². The molecule has 20 heavy (non-hydrogen) atoms. The van der Waals surface area contributed by atoms with E-state index in [1.165, 1.54) is 11.0 Å². The van der Waals surface area contributed by atoms with Gasteiger partial charge in [0.2, 0.25) is 0 Å². The minimum absolute atomic E-state index is 0.000927. The Balaban J connectivity index is 1.93. The zero-order chi connectivity index (χ0) is 14.9. The summed E-state index contributed by atoms with van der Waals surface area (Å²) in [6.45, 7) is 2.59. The summed E-state index contributed by atoms with van der Waals surface area (Å²) >= 11 is 3.08. The number of carbonyl (C=O) groups excluding carboxylic acids is 1. The highest BCUT2D eigenvalue weighted by atomic mass is 79.9. The number of carboxylic acid groups (broad SMARTS) is 1. The van der Waals surface area contributed by atoms with E-state index in [1.807, 2.05) is 0 Å². The van der Waals surface area contributed by atoms with Gasteiger partial charge in [-0.3, -0.25) is 4.79 Å². The lowest BCUT2D eigenvalue weighted by molar-refractivity contribution is -0.139. The number of nitrogens with one attached hydrogen (secondary N) is 1. The Morgan fingerprint density at radius 1 is 1.50 bits per heavy atom. The fourth-order valence-electron chi connectivity index (χ4n) is 2.09. The average molecular weight is 345 g/mol. The van der Waals surface area contributed by atoms with Crippen LogP contribution in [0.1, 0.15) is 12.0 Å². The summed E-state index contributed by atoms with van der Waals surface area (Å²) in [6.07, 6.45) is 0.0652. The van der Waals surface area contributed by atoms with E-state index in [-0.39, 0.29) is 18.4 Å². The number of halogens is 2. The molecule has 1 aliphatic heterocycles. The van der Waals surface area contributed by atoms with Gasteiger partial charge in [0, 0.05) is 24.7 Å². The van der Waals surface area contributed by atoms with Crippen LogP contribution < -0.4 is 5.32 Å². The summed E-state index contributed by atoms with van der Waals surface area (Å²) in [7, 11) is 0. The first kappa shape index (κ1) is 14.8. The van der Waals surface area contributed by atoms with Crippen LogP contribution in [0.2, 0.25) is 0 Å². The van der Waals surface area contributed by atoms with E-state index < -0.39 is 11.8 Å². The third kappa shape index (κ3) is 3.27. The van der Waals surface area contributed by atoms with Gasteiger partial charge in [-0.25, -0.2) is 9.18 Å². The number of hydrogen-bond acceptors (Lipinski definition) is 2. The van der Waals surface area contributed by atoms with Crippen molar-refractivity contribution in [1.82, 2.24) is 4.90 Å². The zero-order valence-corrected chi connectivity index (χ0v) is 12.4. The second kappa shape index (κ2) is 5.78. The van der Waals surface area contributed by atoms with Crippen LogP contribution in [-0.4, -0.2) is 35.1 Å². The number of hydrogen-bond donors (Lipinski definition) is 2. The molecule has 0 spiro atoms. The fourth-order valence-corrected chi connectivity index (χ4v) is 2.54. The minimum atomic E-state index is -0.860. The summed E-state index contributed by atoms with van der Waals surface area (Å²) in [4.78, 5) is 23.9. The molecular formula is C13H14BrFN2O3. The van der Waals surface area contributed by atoms with Crippen LogP contribution in [0.25, 0.3) is 0 Å². The van der Waals surface area contributed by atoms with Crippen molar-refractivity contribution in [2.75, 3.05) is 18.4 Å². The third-order valence-corrected chi connectivity index (χ3v) is 3.82. The van der Waals surface area contributed by atoms with Gasteiger partial charge in [0.25, 0.3) is 0 Å². The number of nitrogens with zero attached hydrogens (tertiary/aromatic N) is 1. The van der Waals surface area contributed by atoms with Crippen LogP contribution in [-0.2, 0) is 4.79 Å². The van der Waals surface area contributed by atoms with Crippen molar-refractivity contribution in [3.05, 3.63) is 28.0 Å². The summed E-state index contributed by atoms with van der Waals surface area (Å²) in [5.74, 6) is -1.31. The molecule has 1 aromatic carbocycles. The largest absolute Gasteiger partial charge is 0.481 e. The van der Waals surface area contributed by atoms with Gasteiger partial charge >= 0.3 is 12.0 Å². The molecule has 0 aliphatic carbocycles. The molecule has 0 saturated carbocycles. The fraction of sp³-hybridized carbons (Fsp3) is 0.385. The Kier molecular flexibility index (Phi) is 4.27. The number of aliphatic carboxylic acids is 1. The van der Waals surface area contributed by atoms with E-state index in [1.54, 1.807) is 13.0 Å². The molecule has 0 atom stereocenters. The number of benzene rings is 1. The number of urea groups is 1. The Morgan fingerprint density at radius 3 is 2.75 bits per heavy atom. The first-order chi connectivity index (χ1) is 9.36. The summed E-state index contributed by atoms with van der Waals surface area (Å²) < 4.78 is 13.8. The first-order valence-corrected chi connectivity index (χ1v) is 6.89. The van der Waals surface area contributed by atoms with Crippen LogP contribution in [0.4, 0.5) is 14.9 Å². The number of anilines is 1. The van der Waals surface area contributed by atoms with E-state index in [0.717, 1.165) is 5.56 Å². The van der Waals surface area contributed by atoms with Crippen LogP contribution in [0.5, 0.6) is 0 Å². The van der Waals surface area contributed by atoms with Crippen molar-refractivity contribution in [2.24, 2.45) is 5.92 Å². The maximum Gasteiger partial charge on any atom is 0.321 e. The average Bonchev–Trinajstić information content (AvgIpc) is 2.29. The normalized spacial score (nSPS) is 14.8. The number of rotatable bonds is 3. The second-order valence-corrected chi connectivity index (χ2v) is 5.73. The van der Waals surface area contributed by atoms with Gasteiger partial charge in [-0.2, -0.15) is 0 Å². The Morgan fingerprint density at radius 2 is 2.15 bits per heavy atom. The molecular weight excluding hydrogens is 331 g/mol. The molecule has 2 rings (SSSR count). The molecule has 5 nitrogen and oxygen atoms in total. The number of carbonyl (C=O) groups is 2. The molecule has 0 unspecified atom stereocenters. The number of amides is 2. The molecule has 2 amide bonds. The van der Waals surface area contributed by atoms with Crippen molar-refractivity contribution >= 4 is 33.6 Å². The second-order valence-electron chi connectivity index (χ2n) is 4.88. The Hall–Kier alpha value is -1.63. The molecule has 1 aliphatic rings. The molecule has 1 aromatic rings. The van der Waals surface area contributed by atoms with Gasteiger partial charge in [-0.15, -0.1) is 0 Å². The van der Waals surface area contributed by atoms with Gasteiger partial charge in [0.15, 0.2) is 0 Å². The Bertz CT molecular complexity index is 559. The molecule has 1 heterocycles. The van der Waals surface area contributed by atoms with Crippen LogP contribution >= 0.6 is 15.9 Å². The van der Waals surface area contributed by atoms with Crippen LogP contribution in [0.15, 0.2) is 16.6 Å². The van der Waals surface area contributed by atoms with E-state index in [2.05, 4.69) is 21.2 Å². The smallest absolute Gasteiger partial charge is 0.321 e. The SMILES string of the molecule is Cc1cc(Br)c(F)cc1NC(=O)N1CC(CC(=O)O)C1. The molecule has 108 valence electrons. The number of aryl methyl sites for hydroxylation is 1. The van der Waals surface area contributed by atoms with Gasteiger partial charge in [-0.1, -0.05) is 0 Å². The quantitative estimate of drug-likeness (QED) is 0.885. The predicted molar refractivity (Wildman–Crippen MR) is 75.2 cm³/mol. The highest BCUT2D eigenvalue weighted by Crippen LogP contribution is 2.25. The number of carboxylic acids is 1. The van der Waals surface area contributed by atoms with E-state index in [4.69, 9.17) is 5.11 Å². The van der Waals surface area contributed by atoms with Gasteiger partial charge in [-0.05, 0) is 40.5 Å². The van der Waals surface area contributed by atoms with E-state index >= 15 is 0 Å². The highest BCUT2D eigenvalue weighted by Gasteiger charge is 2.32. The summed E-state index contributed by atoms with van der Waals surface area (Å²) in [5.41, 5.74) is 1.16. The molecule has 0 aromatic heterocycles. The third-order valence-electron chi connectivity index (χ3n) is 3.22. The molecule has 0 radical (unpaired) electrons. The maximum atomic E-state index is 13.4. The van der Waals surface area contributed by atoms with Crippen LogP contribution in [0, 0.1) is 18.7 Å². The summed E-state index contributed by atoms with van der Waals surface area (Å²) in [6, 6.07) is 2.51. The minimum Gasteiger partial charge on any atom is -0.481 e. The Labute approximate surface area is 123 Å². The highest BCUT2D eigenvalue weighted by molar-refractivity contribution is 9.10. The predicted octanol–water partition coefficient (Wildman–Crippen LogP) is 2.84. The monoisotopic (exact) mass is 344 g/mol. The molecule has 2 N–H and O–H groups in total. The van der Waals surface area contributed by atoms with E-state index in [0.29, 0.717) is 23.2 Å². The van der Waals surface area contributed by atoms with E-state index in [9.17, 15) is 14.0 Å². The summed E-state index contributed by atoms with van der Waals surface area (Å²) in [5, 5.41) is 11.3. The molecule has 7 heteroatoms. The lowest BCUT2D eigenvalue weighted by Gasteiger charge is -2.38. The van der Waals surface area contributed by atoms with Crippen molar-refractivity contribution in [2.45, 2.75) is 13.3 Å². The van der Waals surface area contributed by atoms with Crippen molar-refractivity contribution in [3.63, 3.8) is 0 Å². The molecule has 1 fully saturated rings. The van der Waals surface area contributed by atoms with Crippen LogP contribution in [0.3, 0.4) is 0 Å². The maximum absolute atomic E-state index is 13.4. The topological polar surface area (TPSA) is 69.6 Å². The van der Waals surface area contributed by atoms with Crippen molar-refractivity contribution in [1.29, 1.82) is 0 Å². The number of likely N-dealkylation sites (tertiary alicyclic amines) is 1.